The van der Waals surface area contributed by atoms with E-state index in [0.717, 1.165) is 36.2 Å². The molecule has 1 aromatic heterocycles. The Balaban J connectivity index is 2.12. The summed E-state index contributed by atoms with van der Waals surface area (Å²) >= 11 is 0. The number of nitrogens with two attached hydrogens (primary N) is 1. The zero-order valence-electron chi connectivity index (χ0n) is 16.4. The Morgan fingerprint density at radius 2 is 1.89 bits per heavy atom. The van der Waals surface area contributed by atoms with E-state index in [0.29, 0.717) is 17.0 Å². The summed E-state index contributed by atoms with van der Waals surface area (Å²) in [5, 5.41) is 9.08. The van der Waals surface area contributed by atoms with Crippen LogP contribution in [0.5, 0.6) is 0 Å². The van der Waals surface area contributed by atoms with E-state index in [2.05, 4.69) is 17.6 Å². The maximum atomic E-state index is 12.4. The highest BCUT2D eigenvalue weighted by molar-refractivity contribution is 6.02. The Bertz CT molecular complexity index is 849. The zero-order chi connectivity index (χ0) is 19.4. The molecule has 1 aliphatic carbocycles. The number of carbonyl (C=O) groups excluding carboxylic acids is 1. The van der Waals surface area contributed by atoms with Crippen molar-refractivity contribution >= 4 is 5.91 Å². The highest BCUT2D eigenvalue weighted by Crippen LogP contribution is 2.36. The van der Waals surface area contributed by atoms with Gasteiger partial charge in [0.2, 0.25) is 0 Å². The molecule has 2 N–H and O–H groups in total. The van der Waals surface area contributed by atoms with Gasteiger partial charge in [-0.15, -0.1) is 0 Å². The Hall–Kier alpha value is -2.54. The van der Waals surface area contributed by atoms with Crippen molar-refractivity contribution in [3.05, 3.63) is 46.8 Å². The molecule has 4 nitrogen and oxygen atoms in total. The maximum Gasteiger partial charge on any atom is 0.251 e. The van der Waals surface area contributed by atoms with Gasteiger partial charge in [-0.05, 0) is 49.8 Å². The predicted molar refractivity (Wildman–Crippen MR) is 108 cm³/mol. The van der Waals surface area contributed by atoms with Crippen molar-refractivity contribution in [3.8, 4) is 17.2 Å². The first-order valence-corrected chi connectivity index (χ1v) is 10.1. The van der Waals surface area contributed by atoms with E-state index in [9.17, 15) is 4.79 Å². The van der Waals surface area contributed by atoms with Crippen LogP contribution < -0.4 is 5.73 Å². The van der Waals surface area contributed by atoms with Crippen molar-refractivity contribution in [1.82, 2.24) is 4.57 Å². The Morgan fingerprint density at radius 3 is 2.44 bits per heavy atom. The molecule has 2 aromatic rings. The summed E-state index contributed by atoms with van der Waals surface area (Å²) in [5.74, 6) is 0.307. The summed E-state index contributed by atoms with van der Waals surface area (Å²) in [6.07, 6.45) is 8.40. The lowest BCUT2D eigenvalue weighted by Crippen LogP contribution is -2.18. The van der Waals surface area contributed by atoms with Crippen molar-refractivity contribution in [3.63, 3.8) is 0 Å². The smallest absolute Gasteiger partial charge is 0.251 e. The summed E-state index contributed by atoms with van der Waals surface area (Å²) in [4.78, 5) is 12.4. The number of aromatic nitrogens is 1. The number of amides is 1. The number of rotatable bonds is 6. The highest BCUT2D eigenvalue weighted by atomic mass is 16.1. The SMILES string of the molecule is CCCc1c(-c2ccc(C#N)cc2)c(C(N)=O)c(C)n1CC1CCCCC1. The first-order chi connectivity index (χ1) is 13.1. The average Bonchev–Trinajstić information content (AvgIpc) is 2.95. The second-order valence-electron chi connectivity index (χ2n) is 7.70. The van der Waals surface area contributed by atoms with Crippen molar-refractivity contribution in [2.75, 3.05) is 0 Å². The molecule has 0 atom stereocenters. The quantitative estimate of drug-likeness (QED) is 0.787. The number of benzene rings is 1. The molecular weight excluding hydrogens is 334 g/mol. The molecular formula is C23H29N3O. The Morgan fingerprint density at radius 1 is 1.22 bits per heavy atom. The molecule has 1 fully saturated rings. The van der Waals surface area contributed by atoms with Gasteiger partial charge in [0.15, 0.2) is 0 Å². The van der Waals surface area contributed by atoms with E-state index in [1.165, 1.54) is 37.8 Å². The van der Waals surface area contributed by atoms with Crippen LogP contribution in [-0.2, 0) is 13.0 Å². The first kappa shape index (κ1) is 19.2. The molecule has 1 amide bonds. The van der Waals surface area contributed by atoms with Crippen LogP contribution in [0.25, 0.3) is 11.1 Å². The lowest BCUT2D eigenvalue weighted by atomic mass is 9.89. The molecule has 1 aromatic carbocycles. The molecule has 4 heteroatoms. The molecule has 0 aliphatic heterocycles. The monoisotopic (exact) mass is 363 g/mol. The average molecular weight is 364 g/mol. The van der Waals surface area contributed by atoms with E-state index >= 15 is 0 Å². The van der Waals surface area contributed by atoms with Crippen LogP contribution in [0.15, 0.2) is 24.3 Å². The summed E-state index contributed by atoms with van der Waals surface area (Å²) in [5.41, 5.74) is 11.2. The molecule has 1 heterocycles. The van der Waals surface area contributed by atoms with Crippen LogP contribution >= 0.6 is 0 Å². The molecule has 27 heavy (non-hydrogen) atoms. The third-order valence-corrected chi connectivity index (χ3v) is 5.83. The Kier molecular flexibility index (Phi) is 6.01. The molecule has 1 saturated carbocycles. The minimum atomic E-state index is -0.369. The number of hydrogen-bond acceptors (Lipinski definition) is 2. The van der Waals surface area contributed by atoms with E-state index in [4.69, 9.17) is 11.0 Å². The van der Waals surface area contributed by atoms with E-state index in [1.807, 2.05) is 31.2 Å². The Labute approximate surface area is 162 Å². The van der Waals surface area contributed by atoms with E-state index in [1.54, 1.807) is 0 Å². The number of nitrogens with zero attached hydrogens (tertiary/aromatic N) is 2. The van der Waals surface area contributed by atoms with Gasteiger partial charge in [-0.1, -0.05) is 44.7 Å². The fraction of sp³-hybridized carbons (Fsp3) is 0.478. The van der Waals surface area contributed by atoms with Crippen LogP contribution in [0.2, 0.25) is 0 Å². The number of hydrogen-bond donors (Lipinski definition) is 1. The van der Waals surface area contributed by atoms with Gasteiger partial charge < -0.3 is 10.3 Å². The zero-order valence-corrected chi connectivity index (χ0v) is 16.4. The molecule has 3 rings (SSSR count). The highest BCUT2D eigenvalue weighted by Gasteiger charge is 2.26. The lowest BCUT2D eigenvalue weighted by Gasteiger charge is -2.24. The molecule has 0 bridgehead atoms. The number of carbonyl (C=O) groups is 1. The second kappa shape index (κ2) is 8.43. The van der Waals surface area contributed by atoms with Gasteiger partial charge in [0.25, 0.3) is 5.91 Å². The van der Waals surface area contributed by atoms with Crippen molar-refractivity contribution < 1.29 is 4.79 Å². The van der Waals surface area contributed by atoms with Crippen molar-refractivity contribution in [2.45, 2.75) is 65.3 Å². The molecule has 0 spiro atoms. The van der Waals surface area contributed by atoms with Crippen LogP contribution in [0.1, 0.15) is 72.8 Å². The summed E-state index contributed by atoms with van der Waals surface area (Å²) in [7, 11) is 0. The molecule has 142 valence electrons. The van der Waals surface area contributed by atoms with Gasteiger partial charge >= 0.3 is 0 Å². The van der Waals surface area contributed by atoms with Gasteiger partial charge in [0, 0.05) is 23.5 Å². The minimum absolute atomic E-state index is 0.369. The summed E-state index contributed by atoms with van der Waals surface area (Å²) in [6.45, 7) is 5.16. The molecule has 1 aliphatic rings. The third kappa shape index (κ3) is 3.93. The van der Waals surface area contributed by atoms with Gasteiger partial charge in [-0.3, -0.25) is 4.79 Å². The van der Waals surface area contributed by atoms with Crippen molar-refractivity contribution in [1.29, 1.82) is 5.26 Å². The lowest BCUT2D eigenvalue weighted by molar-refractivity contribution is 0.1000. The summed E-state index contributed by atoms with van der Waals surface area (Å²) < 4.78 is 2.35. The van der Waals surface area contributed by atoms with E-state index in [-0.39, 0.29) is 5.91 Å². The number of nitriles is 1. The standard InChI is InChI=1S/C23H29N3O/c1-3-7-20-22(19-12-10-17(14-24)11-13-19)21(23(25)27)16(2)26(20)15-18-8-5-4-6-9-18/h10-13,18H,3-9,15H2,1-2H3,(H2,25,27). The van der Waals surface area contributed by atoms with Crippen LogP contribution in [0, 0.1) is 24.2 Å². The fourth-order valence-electron chi connectivity index (χ4n) is 4.49. The predicted octanol–water partition coefficient (Wildman–Crippen LogP) is 4.97. The maximum absolute atomic E-state index is 12.4. The van der Waals surface area contributed by atoms with Gasteiger partial charge in [0.05, 0.1) is 17.2 Å². The largest absolute Gasteiger partial charge is 0.366 e. The van der Waals surface area contributed by atoms with E-state index < -0.39 is 0 Å². The summed E-state index contributed by atoms with van der Waals surface area (Å²) in [6, 6.07) is 9.64. The van der Waals surface area contributed by atoms with Gasteiger partial charge in [0.1, 0.15) is 0 Å². The van der Waals surface area contributed by atoms with Crippen LogP contribution in [-0.4, -0.2) is 10.5 Å². The van der Waals surface area contributed by atoms with Gasteiger partial charge in [-0.25, -0.2) is 0 Å². The van der Waals surface area contributed by atoms with Crippen LogP contribution in [0.3, 0.4) is 0 Å². The molecule has 0 saturated heterocycles. The molecule has 0 radical (unpaired) electrons. The number of primary amides is 1. The topological polar surface area (TPSA) is 71.8 Å². The van der Waals surface area contributed by atoms with Crippen molar-refractivity contribution in [2.24, 2.45) is 11.7 Å². The minimum Gasteiger partial charge on any atom is -0.366 e. The van der Waals surface area contributed by atoms with Crippen LogP contribution in [0.4, 0.5) is 0 Å². The fourth-order valence-corrected chi connectivity index (χ4v) is 4.49. The first-order valence-electron chi connectivity index (χ1n) is 10.1. The molecule has 0 unspecified atom stereocenters. The normalized spacial score (nSPS) is 14.9. The third-order valence-electron chi connectivity index (χ3n) is 5.83. The second-order valence-corrected chi connectivity index (χ2v) is 7.70. The van der Waals surface area contributed by atoms with Gasteiger partial charge in [-0.2, -0.15) is 5.26 Å².